The molecular formula is C23H44O4S. The lowest BCUT2D eigenvalue weighted by atomic mass is 9.97. The number of carbonyl (C=O) groups is 1. The van der Waals surface area contributed by atoms with Crippen LogP contribution in [0, 0.1) is 5.92 Å². The second-order valence-electron chi connectivity index (χ2n) is 8.29. The third kappa shape index (κ3) is 11.7. The van der Waals surface area contributed by atoms with Gasteiger partial charge in [-0.05, 0) is 44.9 Å². The van der Waals surface area contributed by atoms with E-state index in [2.05, 4.69) is 6.92 Å². The zero-order chi connectivity index (χ0) is 20.6. The highest BCUT2D eigenvalue weighted by atomic mass is 32.2. The van der Waals surface area contributed by atoms with Gasteiger partial charge in [-0.2, -0.15) is 11.8 Å². The van der Waals surface area contributed by atoms with Crippen LogP contribution < -0.4 is 0 Å². The average Bonchev–Trinajstić information content (AvgIpc) is 3.02. The predicted octanol–water partition coefficient (Wildman–Crippen LogP) is 5.48. The van der Waals surface area contributed by atoms with Crippen LogP contribution in [0.1, 0.15) is 104 Å². The van der Waals surface area contributed by atoms with Crippen molar-refractivity contribution in [2.75, 3.05) is 12.4 Å². The van der Waals surface area contributed by atoms with E-state index in [0.29, 0.717) is 24.2 Å². The summed E-state index contributed by atoms with van der Waals surface area (Å²) in [5.74, 6) is 1.09. The Morgan fingerprint density at radius 1 is 1.04 bits per heavy atom. The maximum absolute atomic E-state index is 11.3. The van der Waals surface area contributed by atoms with Gasteiger partial charge in [0.15, 0.2) is 0 Å². The Hall–Kier alpha value is -0.260. The van der Waals surface area contributed by atoms with Crippen molar-refractivity contribution in [3.05, 3.63) is 0 Å². The van der Waals surface area contributed by atoms with E-state index in [0.717, 1.165) is 63.5 Å². The van der Waals surface area contributed by atoms with Gasteiger partial charge in [0.05, 0.1) is 18.8 Å². The largest absolute Gasteiger partial charge is 0.466 e. The second kappa shape index (κ2) is 16.5. The van der Waals surface area contributed by atoms with Gasteiger partial charge in [-0.25, -0.2) is 0 Å². The van der Waals surface area contributed by atoms with E-state index in [1.165, 1.54) is 25.7 Å². The van der Waals surface area contributed by atoms with Crippen LogP contribution in [0.4, 0.5) is 0 Å². The zero-order valence-corrected chi connectivity index (χ0v) is 19.1. The van der Waals surface area contributed by atoms with E-state index in [1.54, 1.807) is 0 Å². The topological polar surface area (TPSA) is 66.8 Å². The third-order valence-corrected chi connectivity index (χ3v) is 7.43. The molecule has 166 valence electrons. The van der Waals surface area contributed by atoms with Gasteiger partial charge >= 0.3 is 5.97 Å². The Balaban J connectivity index is 2.13. The fourth-order valence-electron chi connectivity index (χ4n) is 4.13. The Morgan fingerprint density at radius 2 is 1.75 bits per heavy atom. The van der Waals surface area contributed by atoms with E-state index in [4.69, 9.17) is 4.74 Å². The fourth-order valence-corrected chi connectivity index (χ4v) is 5.64. The first-order valence-electron chi connectivity index (χ1n) is 11.7. The van der Waals surface area contributed by atoms with E-state index >= 15 is 0 Å². The molecule has 5 heteroatoms. The minimum atomic E-state index is -0.201. The molecule has 0 bridgehead atoms. The summed E-state index contributed by atoms with van der Waals surface area (Å²) in [6.07, 6.45) is 14.5. The number of ether oxygens (including phenoxy) is 1. The number of aliphatic hydroxyl groups excluding tert-OH is 2. The maximum atomic E-state index is 11.3. The van der Waals surface area contributed by atoms with Crippen LogP contribution in [-0.4, -0.2) is 46.0 Å². The first-order chi connectivity index (χ1) is 13.6. The average molecular weight is 417 g/mol. The summed E-state index contributed by atoms with van der Waals surface area (Å²) < 4.78 is 4.95. The number of thioether (sulfide) groups is 1. The van der Waals surface area contributed by atoms with Crippen molar-refractivity contribution in [2.24, 2.45) is 5.92 Å². The maximum Gasteiger partial charge on any atom is 0.305 e. The second-order valence-corrected chi connectivity index (χ2v) is 9.57. The van der Waals surface area contributed by atoms with Gasteiger partial charge in [0, 0.05) is 17.4 Å². The van der Waals surface area contributed by atoms with E-state index in [9.17, 15) is 15.0 Å². The predicted molar refractivity (Wildman–Crippen MR) is 119 cm³/mol. The summed E-state index contributed by atoms with van der Waals surface area (Å²) in [6, 6.07) is 0. The van der Waals surface area contributed by atoms with Crippen LogP contribution in [0.3, 0.4) is 0 Å². The van der Waals surface area contributed by atoms with Crippen LogP contribution in [-0.2, 0) is 9.53 Å². The van der Waals surface area contributed by atoms with E-state index in [1.807, 2.05) is 18.7 Å². The van der Waals surface area contributed by atoms with Gasteiger partial charge in [0.25, 0.3) is 0 Å². The number of esters is 1. The SMILES string of the molecule is CCCCCCCC(O)CSC1CCC(O)C1CCCCCCC(=O)OCC. The van der Waals surface area contributed by atoms with Crippen molar-refractivity contribution in [3.8, 4) is 0 Å². The molecule has 0 aliphatic heterocycles. The van der Waals surface area contributed by atoms with Crippen molar-refractivity contribution in [1.29, 1.82) is 0 Å². The Labute approximate surface area is 177 Å². The highest BCUT2D eigenvalue weighted by Crippen LogP contribution is 2.39. The monoisotopic (exact) mass is 416 g/mol. The molecule has 0 heterocycles. The van der Waals surface area contributed by atoms with Gasteiger partial charge < -0.3 is 14.9 Å². The molecule has 28 heavy (non-hydrogen) atoms. The van der Waals surface area contributed by atoms with Crippen molar-refractivity contribution >= 4 is 17.7 Å². The summed E-state index contributed by atoms with van der Waals surface area (Å²) >= 11 is 1.88. The van der Waals surface area contributed by atoms with Crippen LogP contribution in [0.25, 0.3) is 0 Å². The van der Waals surface area contributed by atoms with Crippen molar-refractivity contribution < 1.29 is 19.7 Å². The molecule has 4 nitrogen and oxygen atoms in total. The van der Waals surface area contributed by atoms with Crippen LogP contribution in [0.5, 0.6) is 0 Å². The lowest BCUT2D eigenvalue weighted by Gasteiger charge is -2.23. The van der Waals surface area contributed by atoms with Crippen molar-refractivity contribution in [3.63, 3.8) is 0 Å². The molecule has 4 unspecified atom stereocenters. The van der Waals surface area contributed by atoms with E-state index in [-0.39, 0.29) is 18.2 Å². The number of aliphatic hydroxyl groups is 2. The van der Waals surface area contributed by atoms with Gasteiger partial charge in [-0.1, -0.05) is 58.3 Å². The Kier molecular flexibility index (Phi) is 15.2. The summed E-state index contributed by atoms with van der Waals surface area (Å²) in [5.41, 5.74) is 0. The minimum Gasteiger partial charge on any atom is -0.466 e. The minimum absolute atomic E-state index is 0.0888. The molecule has 1 fully saturated rings. The number of hydrogen-bond acceptors (Lipinski definition) is 5. The summed E-state index contributed by atoms with van der Waals surface area (Å²) in [4.78, 5) is 11.3. The quantitative estimate of drug-likeness (QED) is 0.243. The Bertz CT molecular complexity index is 391. The van der Waals surface area contributed by atoms with Crippen molar-refractivity contribution in [1.82, 2.24) is 0 Å². The smallest absolute Gasteiger partial charge is 0.305 e. The molecule has 4 atom stereocenters. The Morgan fingerprint density at radius 3 is 2.50 bits per heavy atom. The number of rotatable bonds is 17. The molecule has 1 rings (SSSR count). The first kappa shape index (κ1) is 25.8. The molecule has 0 aromatic heterocycles. The zero-order valence-electron chi connectivity index (χ0n) is 18.2. The number of hydrogen-bond donors (Lipinski definition) is 2. The van der Waals surface area contributed by atoms with Gasteiger partial charge in [-0.15, -0.1) is 0 Å². The van der Waals surface area contributed by atoms with Gasteiger partial charge in [-0.3, -0.25) is 4.79 Å². The van der Waals surface area contributed by atoms with E-state index < -0.39 is 0 Å². The molecule has 0 saturated heterocycles. The summed E-state index contributed by atoms with van der Waals surface area (Å²) in [7, 11) is 0. The molecule has 0 aromatic rings. The molecular weight excluding hydrogens is 372 g/mol. The highest BCUT2D eigenvalue weighted by molar-refractivity contribution is 7.99. The number of unbranched alkanes of at least 4 members (excludes halogenated alkanes) is 7. The summed E-state index contributed by atoms with van der Waals surface area (Å²) in [6.45, 7) is 4.53. The summed E-state index contributed by atoms with van der Waals surface area (Å²) in [5, 5.41) is 21.1. The molecule has 0 spiro atoms. The van der Waals surface area contributed by atoms with Crippen LogP contribution >= 0.6 is 11.8 Å². The third-order valence-electron chi connectivity index (χ3n) is 5.84. The molecule has 1 saturated carbocycles. The molecule has 0 radical (unpaired) electrons. The highest BCUT2D eigenvalue weighted by Gasteiger charge is 2.34. The normalized spacial score (nSPS) is 23.1. The first-order valence-corrected chi connectivity index (χ1v) is 12.8. The number of carbonyl (C=O) groups excluding carboxylic acids is 1. The molecule has 2 N–H and O–H groups in total. The van der Waals surface area contributed by atoms with Gasteiger partial charge in [0.2, 0.25) is 0 Å². The lowest BCUT2D eigenvalue weighted by Crippen LogP contribution is -2.22. The van der Waals surface area contributed by atoms with Crippen molar-refractivity contribution in [2.45, 2.75) is 121 Å². The fraction of sp³-hybridized carbons (Fsp3) is 0.957. The van der Waals surface area contributed by atoms with Gasteiger partial charge in [0.1, 0.15) is 0 Å². The van der Waals surface area contributed by atoms with Crippen LogP contribution in [0.2, 0.25) is 0 Å². The molecule has 1 aliphatic rings. The van der Waals surface area contributed by atoms with Crippen LogP contribution in [0.15, 0.2) is 0 Å². The molecule has 0 amide bonds. The molecule has 0 aromatic carbocycles. The molecule has 1 aliphatic carbocycles. The lowest BCUT2D eigenvalue weighted by molar-refractivity contribution is -0.143. The standard InChI is InChI=1S/C23H44O4S/c1-3-5-6-7-10-13-19(24)18-28-22-17-16-21(25)20(22)14-11-8-9-12-15-23(26)27-4-2/h19-22,24-25H,3-18H2,1-2H3.